The van der Waals surface area contributed by atoms with Gasteiger partial charge in [-0.2, -0.15) is 0 Å². The Morgan fingerprint density at radius 3 is 2.29 bits per heavy atom. The van der Waals surface area contributed by atoms with Crippen molar-refractivity contribution in [2.75, 3.05) is 26.3 Å². The zero-order valence-electron chi connectivity index (χ0n) is 14.1. The van der Waals surface area contributed by atoms with Crippen molar-refractivity contribution in [2.24, 2.45) is 11.7 Å². The van der Waals surface area contributed by atoms with Crippen LogP contribution in [0.2, 0.25) is 0 Å². The molecule has 2 N–H and O–H groups in total. The molecule has 124 valence electrons. The van der Waals surface area contributed by atoms with E-state index in [1.54, 1.807) is 0 Å². The van der Waals surface area contributed by atoms with Crippen LogP contribution in [0.1, 0.15) is 53.4 Å². The fourth-order valence-corrected chi connectivity index (χ4v) is 2.40. The molecule has 5 heteroatoms. The largest absolute Gasteiger partial charge is 0.444 e. The van der Waals surface area contributed by atoms with E-state index in [0.717, 1.165) is 45.6 Å². The molecular formula is C16H32N2O3. The predicted octanol–water partition coefficient (Wildman–Crippen LogP) is 2.78. The van der Waals surface area contributed by atoms with Gasteiger partial charge in [0.2, 0.25) is 0 Å². The van der Waals surface area contributed by atoms with E-state index >= 15 is 0 Å². The molecule has 2 heterocycles. The van der Waals surface area contributed by atoms with Gasteiger partial charge in [-0.1, -0.05) is 6.92 Å². The number of nitrogens with zero attached hydrogens (tertiary/aromatic N) is 1. The van der Waals surface area contributed by atoms with Crippen molar-refractivity contribution >= 4 is 6.09 Å². The van der Waals surface area contributed by atoms with Crippen LogP contribution >= 0.6 is 0 Å². The third-order valence-electron chi connectivity index (χ3n) is 3.57. The highest BCUT2D eigenvalue weighted by atomic mass is 16.6. The van der Waals surface area contributed by atoms with Crippen LogP contribution in [0.25, 0.3) is 0 Å². The van der Waals surface area contributed by atoms with Crippen LogP contribution in [0, 0.1) is 5.92 Å². The predicted molar refractivity (Wildman–Crippen MR) is 84.2 cm³/mol. The summed E-state index contributed by atoms with van der Waals surface area (Å²) in [6, 6.07) is 0.411. The second-order valence-electron chi connectivity index (χ2n) is 7.12. The number of piperidine rings is 1. The number of ether oxygens (including phenoxy) is 2. The summed E-state index contributed by atoms with van der Waals surface area (Å²) >= 11 is 0. The zero-order chi connectivity index (χ0) is 15.9. The van der Waals surface area contributed by atoms with Crippen LogP contribution in [-0.2, 0) is 9.47 Å². The van der Waals surface area contributed by atoms with E-state index in [4.69, 9.17) is 15.2 Å². The van der Waals surface area contributed by atoms with Gasteiger partial charge in [-0.3, -0.25) is 0 Å². The first-order valence-electron chi connectivity index (χ1n) is 8.09. The SMILES string of the molecule is C[C@H]1CCCN(C(=O)OC(C)(C)C)C1.NC1CCOCC1. The van der Waals surface area contributed by atoms with E-state index in [-0.39, 0.29) is 11.7 Å². The molecule has 0 unspecified atom stereocenters. The molecule has 2 aliphatic heterocycles. The molecule has 21 heavy (non-hydrogen) atoms. The highest BCUT2D eigenvalue weighted by Gasteiger charge is 2.25. The molecule has 0 spiro atoms. The summed E-state index contributed by atoms with van der Waals surface area (Å²) in [5.41, 5.74) is 5.18. The average Bonchev–Trinajstić information content (AvgIpc) is 2.38. The molecule has 1 amide bonds. The molecule has 0 bridgehead atoms. The Morgan fingerprint density at radius 2 is 1.86 bits per heavy atom. The van der Waals surface area contributed by atoms with Crippen molar-refractivity contribution in [1.82, 2.24) is 4.90 Å². The van der Waals surface area contributed by atoms with Crippen molar-refractivity contribution in [3.8, 4) is 0 Å². The first-order valence-corrected chi connectivity index (χ1v) is 8.09. The minimum atomic E-state index is -0.377. The van der Waals surface area contributed by atoms with Crippen molar-refractivity contribution in [3.05, 3.63) is 0 Å². The Kier molecular flexibility index (Phi) is 7.46. The van der Waals surface area contributed by atoms with Crippen molar-refractivity contribution < 1.29 is 14.3 Å². The van der Waals surface area contributed by atoms with E-state index in [9.17, 15) is 4.79 Å². The summed E-state index contributed by atoms with van der Waals surface area (Å²) in [4.78, 5) is 13.5. The molecular weight excluding hydrogens is 268 g/mol. The number of likely N-dealkylation sites (tertiary alicyclic amines) is 1. The summed E-state index contributed by atoms with van der Waals surface area (Å²) in [5, 5.41) is 0. The maximum absolute atomic E-state index is 11.7. The minimum Gasteiger partial charge on any atom is -0.444 e. The molecule has 2 rings (SSSR count). The number of hydrogen-bond acceptors (Lipinski definition) is 4. The maximum Gasteiger partial charge on any atom is 0.410 e. The zero-order valence-corrected chi connectivity index (χ0v) is 14.1. The molecule has 2 aliphatic rings. The Labute approximate surface area is 129 Å². The lowest BCUT2D eigenvalue weighted by Crippen LogP contribution is -2.42. The lowest BCUT2D eigenvalue weighted by atomic mass is 10.0. The van der Waals surface area contributed by atoms with Crippen molar-refractivity contribution in [1.29, 1.82) is 0 Å². The van der Waals surface area contributed by atoms with E-state index < -0.39 is 0 Å². The van der Waals surface area contributed by atoms with Gasteiger partial charge >= 0.3 is 6.09 Å². The Hall–Kier alpha value is -0.810. The maximum atomic E-state index is 11.7. The molecule has 0 aromatic heterocycles. The molecule has 2 saturated heterocycles. The second kappa shape index (κ2) is 8.59. The summed E-state index contributed by atoms with van der Waals surface area (Å²) < 4.78 is 10.4. The van der Waals surface area contributed by atoms with Gasteiger partial charge < -0.3 is 20.1 Å². The Bertz CT molecular complexity index is 309. The number of carbonyl (C=O) groups excluding carboxylic acids is 1. The summed E-state index contributed by atoms with van der Waals surface area (Å²) in [5.74, 6) is 0.608. The average molecular weight is 300 g/mol. The van der Waals surface area contributed by atoms with E-state index in [1.165, 1.54) is 6.42 Å². The number of amides is 1. The molecule has 0 radical (unpaired) electrons. The van der Waals surface area contributed by atoms with Crippen LogP contribution in [-0.4, -0.2) is 48.9 Å². The van der Waals surface area contributed by atoms with Gasteiger partial charge in [0, 0.05) is 32.3 Å². The topological polar surface area (TPSA) is 64.8 Å². The fourth-order valence-electron chi connectivity index (χ4n) is 2.40. The molecule has 0 aliphatic carbocycles. The van der Waals surface area contributed by atoms with Gasteiger partial charge in [-0.05, 0) is 52.4 Å². The standard InChI is InChI=1S/C11H21NO2.C5H11NO/c1-9-6-5-7-12(8-9)10(13)14-11(2,3)4;6-5-1-3-7-4-2-5/h9H,5-8H2,1-4H3;5H,1-4,6H2/t9-;/m0./s1. The first-order chi connectivity index (χ1) is 9.78. The third-order valence-corrected chi connectivity index (χ3v) is 3.57. The molecule has 0 aromatic carbocycles. The Morgan fingerprint density at radius 1 is 1.24 bits per heavy atom. The quantitative estimate of drug-likeness (QED) is 0.747. The molecule has 0 saturated carbocycles. The summed E-state index contributed by atoms with van der Waals surface area (Å²) in [6.07, 6.45) is 4.24. The number of rotatable bonds is 0. The smallest absolute Gasteiger partial charge is 0.410 e. The van der Waals surface area contributed by atoms with Crippen LogP contribution in [0.3, 0.4) is 0 Å². The van der Waals surface area contributed by atoms with Crippen LogP contribution in [0.5, 0.6) is 0 Å². The molecule has 5 nitrogen and oxygen atoms in total. The third kappa shape index (κ3) is 8.27. The highest BCUT2D eigenvalue weighted by Crippen LogP contribution is 2.18. The minimum absolute atomic E-state index is 0.163. The fraction of sp³-hybridized carbons (Fsp3) is 0.938. The number of nitrogens with two attached hydrogens (primary N) is 1. The van der Waals surface area contributed by atoms with Crippen LogP contribution in [0.4, 0.5) is 4.79 Å². The lowest BCUT2D eigenvalue weighted by molar-refractivity contribution is 0.0174. The van der Waals surface area contributed by atoms with Gasteiger partial charge in [-0.15, -0.1) is 0 Å². The first kappa shape index (κ1) is 18.2. The molecule has 2 fully saturated rings. The number of hydrogen-bond donors (Lipinski definition) is 1. The van der Waals surface area contributed by atoms with Crippen LogP contribution in [0.15, 0.2) is 0 Å². The lowest BCUT2D eigenvalue weighted by Gasteiger charge is -2.32. The second-order valence-corrected chi connectivity index (χ2v) is 7.12. The van der Waals surface area contributed by atoms with Crippen molar-refractivity contribution in [2.45, 2.75) is 65.0 Å². The normalized spacial score (nSPS) is 24.0. The van der Waals surface area contributed by atoms with Gasteiger partial charge in [0.15, 0.2) is 0 Å². The van der Waals surface area contributed by atoms with Crippen LogP contribution < -0.4 is 5.73 Å². The van der Waals surface area contributed by atoms with E-state index in [2.05, 4.69) is 6.92 Å². The number of carbonyl (C=O) groups is 1. The van der Waals surface area contributed by atoms with Gasteiger partial charge in [0.25, 0.3) is 0 Å². The van der Waals surface area contributed by atoms with Gasteiger partial charge in [0.1, 0.15) is 5.60 Å². The summed E-state index contributed by atoms with van der Waals surface area (Å²) in [7, 11) is 0. The Balaban J connectivity index is 0.000000262. The molecule has 0 aromatic rings. The van der Waals surface area contributed by atoms with Gasteiger partial charge in [0.05, 0.1) is 0 Å². The van der Waals surface area contributed by atoms with Gasteiger partial charge in [-0.25, -0.2) is 4.79 Å². The highest BCUT2D eigenvalue weighted by molar-refractivity contribution is 5.68. The molecule has 1 atom stereocenters. The summed E-state index contributed by atoms with van der Waals surface area (Å²) in [6.45, 7) is 11.3. The van der Waals surface area contributed by atoms with E-state index in [0.29, 0.717) is 12.0 Å². The van der Waals surface area contributed by atoms with Crippen molar-refractivity contribution in [3.63, 3.8) is 0 Å². The van der Waals surface area contributed by atoms with E-state index in [1.807, 2.05) is 25.7 Å². The monoisotopic (exact) mass is 300 g/mol.